The van der Waals surface area contributed by atoms with Gasteiger partial charge in [0.2, 0.25) is 0 Å². The molecular weight excluding hydrogens is 216 g/mol. The van der Waals surface area contributed by atoms with Crippen LogP contribution >= 0.6 is 0 Å². The lowest BCUT2D eigenvalue weighted by Gasteiger charge is -2.06. The standard InChI is InChI=1S/C12H18O3.C2H6/c13-8-4-9-14-10-5-11-15-12-6-2-1-3-7-12;1-2/h1-3,6-7,13H,4-5,8-11H2;1-2H3. The number of rotatable bonds is 8. The van der Waals surface area contributed by atoms with Crippen LogP contribution in [0, 0.1) is 0 Å². The molecule has 0 radical (unpaired) electrons. The van der Waals surface area contributed by atoms with Crippen molar-refractivity contribution in [1.82, 2.24) is 0 Å². The third-order valence-electron chi connectivity index (χ3n) is 1.89. The van der Waals surface area contributed by atoms with Crippen molar-refractivity contribution < 1.29 is 14.6 Å². The Balaban J connectivity index is 0.00000121. The van der Waals surface area contributed by atoms with Crippen LogP contribution in [0.5, 0.6) is 5.75 Å². The Kier molecular flexibility index (Phi) is 12.2. The summed E-state index contributed by atoms with van der Waals surface area (Å²) in [4.78, 5) is 0. The highest BCUT2D eigenvalue weighted by atomic mass is 16.5. The van der Waals surface area contributed by atoms with Crippen LogP contribution in [0.25, 0.3) is 0 Å². The first-order valence-electron chi connectivity index (χ1n) is 6.30. The highest BCUT2D eigenvalue weighted by molar-refractivity contribution is 5.20. The number of benzene rings is 1. The van der Waals surface area contributed by atoms with Crippen molar-refractivity contribution in [3.63, 3.8) is 0 Å². The lowest BCUT2D eigenvalue weighted by Crippen LogP contribution is -2.04. The predicted octanol–water partition coefficient (Wildman–Crippen LogP) is 2.88. The van der Waals surface area contributed by atoms with Crippen LogP contribution in [0.15, 0.2) is 30.3 Å². The molecule has 0 aromatic heterocycles. The van der Waals surface area contributed by atoms with Crippen LogP contribution in [0.3, 0.4) is 0 Å². The van der Waals surface area contributed by atoms with Crippen molar-refractivity contribution in [1.29, 1.82) is 0 Å². The van der Waals surface area contributed by atoms with Crippen LogP contribution in [-0.4, -0.2) is 31.5 Å². The van der Waals surface area contributed by atoms with Gasteiger partial charge in [0.1, 0.15) is 5.75 Å². The predicted molar refractivity (Wildman–Crippen MR) is 70.4 cm³/mol. The highest BCUT2D eigenvalue weighted by Gasteiger charge is 1.92. The van der Waals surface area contributed by atoms with Crippen LogP contribution in [-0.2, 0) is 4.74 Å². The van der Waals surface area contributed by atoms with Gasteiger partial charge in [-0.2, -0.15) is 0 Å². The Bertz CT molecular complexity index is 236. The summed E-state index contributed by atoms with van der Waals surface area (Å²) in [7, 11) is 0. The van der Waals surface area contributed by atoms with Crippen molar-refractivity contribution in [3.05, 3.63) is 30.3 Å². The SMILES string of the molecule is CC.OCCCOCCCOc1ccccc1. The van der Waals surface area contributed by atoms with Gasteiger partial charge in [-0.3, -0.25) is 0 Å². The molecular formula is C14H24O3. The second-order valence-electron chi connectivity index (χ2n) is 3.20. The summed E-state index contributed by atoms with van der Waals surface area (Å²) in [6.07, 6.45) is 1.58. The lowest BCUT2D eigenvalue weighted by molar-refractivity contribution is 0.104. The van der Waals surface area contributed by atoms with Crippen molar-refractivity contribution in [3.8, 4) is 5.75 Å². The molecule has 0 fully saturated rings. The summed E-state index contributed by atoms with van der Waals surface area (Å²) in [6, 6.07) is 9.74. The van der Waals surface area contributed by atoms with E-state index < -0.39 is 0 Å². The number of para-hydroxylation sites is 1. The summed E-state index contributed by atoms with van der Waals surface area (Å²) in [5.41, 5.74) is 0. The maximum Gasteiger partial charge on any atom is 0.119 e. The van der Waals surface area contributed by atoms with Gasteiger partial charge in [-0.1, -0.05) is 32.0 Å². The quantitative estimate of drug-likeness (QED) is 0.710. The van der Waals surface area contributed by atoms with Gasteiger partial charge in [-0.25, -0.2) is 0 Å². The second kappa shape index (κ2) is 13.0. The van der Waals surface area contributed by atoms with E-state index in [1.165, 1.54) is 0 Å². The average molecular weight is 240 g/mol. The summed E-state index contributed by atoms with van der Waals surface area (Å²) >= 11 is 0. The molecule has 0 heterocycles. The zero-order chi connectivity index (χ0) is 12.8. The van der Waals surface area contributed by atoms with Gasteiger partial charge in [0.05, 0.1) is 6.61 Å². The fourth-order valence-electron chi connectivity index (χ4n) is 1.14. The van der Waals surface area contributed by atoms with Gasteiger partial charge in [0.15, 0.2) is 0 Å². The molecule has 3 nitrogen and oxygen atoms in total. The largest absolute Gasteiger partial charge is 0.494 e. The Labute approximate surface area is 104 Å². The van der Waals surface area contributed by atoms with Gasteiger partial charge in [0, 0.05) is 26.2 Å². The van der Waals surface area contributed by atoms with Gasteiger partial charge >= 0.3 is 0 Å². The maximum atomic E-state index is 8.51. The lowest BCUT2D eigenvalue weighted by atomic mass is 10.3. The normalized spacial score (nSPS) is 9.35. The van der Waals surface area contributed by atoms with Gasteiger partial charge in [0.25, 0.3) is 0 Å². The monoisotopic (exact) mass is 240 g/mol. The van der Waals surface area contributed by atoms with Crippen LogP contribution in [0.1, 0.15) is 26.7 Å². The molecule has 0 aliphatic heterocycles. The summed E-state index contributed by atoms with van der Waals surface area (Å²) < 4.78 is 10.8. The zero-order valence-corrected chi connectivity index (χ0v) is 10.9. The third kappa shape index (κ3) is 9.85. The molecule has 0 atom stereocenters. The number of ether oxygens (including phenoxy) is 2. The Morgan fingerprint density at radius 1 is 0.941 bits per heavy atom. The molecule has 1 aromatic rings. The Hall–Kier alpha value is -1.06. The molecule has 0 saturated heterocycles. The molecule has 0 bridgehead atoms. The molecule has 0 aliphatic rings. The van der Waals surface area contributed by atoms with Crippen molar-refractivity contribution >= 4 is 0 Å². The summed E-state index contributed by atoms with van der Waals surface area (Å²) in [5.74, 6) is 0.896. The number of aliphatic hydroxyl groups is 1. The average Bonchev–Trinajstić information content (AvgIpc) is 2.41. The van der Waals surface area contributed by atoms with E-state index in [1.54, 1.807) is 0 Å². The number of hydrogen-bond donors (Lipinski definition) is 1. The fraction of sp³-hybridized carbons (Fsp3) is 0.571. The first kappa shape index (κ1) is 15.9. The molecule has 0 amide bonds. The molecule has 0 saturated carbocycles. The number of aliphatic hydroxyl groups excluding tert-OH is 1. The van der Waals surface area contributed by atoms with Gasteiger partial charge in [-0.05, 0) is 18.6 Å². The van der Waals surface area contributed by atoms with Crippen molar-refractivity contribution in [2.75, 3.05) is 26.4 Å². The molecule has 1 aromatic carbocycles. The summed E-state index contributed by atoms with van der Waals surface area (Å²) in [5, 5.41) is 8.51. The van der Waals surface area contributed by atoms with Crippen LogP contribution in [0.4, 0.5) is 0 Å². The van der Waals surface area contributed by atoms with E-state index in [2.05, 4.69) is 0 Å². The Morgan fingerprint density at radius 3 is 2.24 bits per heavy atom. The van der Waals surface area contributed by atoms with E-state index in [4.69, 9.17) is 14.6 Å². The second-order valence-corrected chi connectivity index (χ2v) is 3.20. The molecule has 0 aliphatic carbocycles. The third-order valence-corrected chi connectivity index (χ3v) is 1.89. The van der Waals surface area contributed by atoms with E-state index >= 15 is 0 Å². The highest BCUT2D eigenvalue weighted by Crippen LogP contribution is 2.08. The minimum atomic E-state index is 0.195. The maximum absolute atomic E-state index is 8.51. The van der Waals surface area contributed by atoms with Crippen LogP contribution < -0.4 is 4.74 Å². The van der Waals surface area contributed by atoms with E-state index in [0.717, 1.165) is 12.2 Å². The topological polar surface area (TPSA) is 38.7 Å². The molecule has 0 spiro atoms. The molecule has 0 unspecified atom stereocenters. The molecule has 1 N–H and O–H groups in total. The summed E-state index contributed by atoms with van der Waals surface area (Å²) in [6.45, 7) is 6.18. The van der Waals surface area contributed by atoms with Gasteiger partial charge < -0.3 is 14.6 Å². The fourth-order valence-corrected chi connectivity index (χ4v) is 1.14. The van der Waals surface area contributed by atoms with E-state index in [0.29, 0.717) is 26.2 Å². The Morgan fingerprint density at radius 2 is 1.59 bits per heavy atom. The first-order valence-corrected chi connectivity index (χ1v) is 6.30. The molecule has 1 rings (SSSR count). The molecule has 17 heavy (non-hydrogen) atoms. The minimum Gasteiger partial charge on any atom is -0.494 e. The smallest absolute Gasteiger partial charge is 0.119 e. The minimum absolute atomic E-state index is 0.195. The van der Waals surface area contributed by atoms with E-state index in [9.17, 15) is 0 Å². The van der Waals surface area contributed by atoms with Gasteiger partial charge in [-0.15, -0.1) is 0 Å². The van der Waals surface area contributed by atoms with Crippen LogP contribution in [0.2, 0.25) is 0 Å². The number of hydrogen-bond acceptors (Lipinski definition) is 3. The van der Waals surface area contributed by atoms with Crippen molar-refractivity contribution in [2.24, 2.45) is 0 Å². The first-order chi connectivity index (χ1) is 8.43. The van der Waals surface area contributed by atoms with E-state index in [-0.39, 0.29) is 6.61 Å². The zero-order valence-electron chi connectivity index (χ0n) is 10.9. The molecule has 98 valence electrons. The van der Waals surface area contributed by atoms with E-state index in [1.807, 2.05) is 44.2 Å². The molecule has 3 heteroatoms. The van der Waals surface area contributed by atoms with Crippen molar-refractivity contribution in [2.45, 2.75) is 26.7 Å².